The maximum atomic E-state index is 11.6. The van der Waals surface area contributed by atoms with E-state index in [2.05, 4.69) is 5.32 Å². The summed E-state index contributed by atoms with van der Waals surface area (Å²) in [6.07, 6.45) is 0.854. The van der Waals surface area contributed by atoms with Crippen LogP contribution in [0.15, 0.2) is 0 Å². The minimum atomic E-state index is -1.01. The molecule has 0 spiro atoms. The molecule has 0 aliphatic carbocycles. The zero-order valence-corrected chi connectivity index (χ0v) is 11.2. The van der Waals surface area contributed by atoms with Crippen LogP contribution in [0, 0.1) is 5.41 Å². The molecule has 5 nitrogen and oxygen atoms in total. The number of rotatable bonds is 6. The number of carbonyl (C=O) groups excluding carboxylic acids is 1. The van der Waals surface area contributed by atoms with Crippen LogP contribution in [0.25, 0.3) is 0 Å². The first-order valence-electron chi connectivity index (χ1n) is 5.73. The Morgan fingerprint density at radius 3 is 2.24 bits per heavy atom. The number of carboxylic acids is 1. The first-order chi connectivity index (χ1) is 7.68. The predicted molar refractivity (Wildman–Crippen MR) is 64.7 cm³/mol. The summed E-state index contributed by atoms with van der Waals surface area (Å²) in [7, 11) is 1.58. The van der Waals surface area contributed by atoms with Crippen molar-refractivity contribution in [2.75, 3.05) is 7.11 Å². The third-order valence-electron chi connectivity index (χ3n) is 2.60. The summed E-state index contributed by atoms with van der Waals surface area (Å²) < 4.78 is 5.02. The Morgan fingerprint density at radius 1 is 1.35 bits per heavy atom. The van der Waals surface area contributed by atoms with Gasteiger partial charge in [-0.25, -0.2) is 4.79 Å². The van der Waals surface area contributed by atoms with E-state index >= 15 is 0 Å². The summed E-state index contributed by atoms with van der Waals surface area (Å²) in [5, 5.41) is 11.6. The van der Waals surface area contributed by atoms with E-state index in [4.69, 9.17) is 9.84 Å². The maximum absolute atomic E-state index is 11.6. The number of methoxy groups -OCH3 is 1. The molecule has 0 saturated heterocycles. The average Bonchev–Trinajstić information content (AvgIpc) is 2.20. The highest BCUT2D eigenvalue weighted by atomic mass is 16.5. The molecule has 2 unspecified atom stereocenters. The van der Waals surface area contributed by atoms with E-state index < -0.39 is 17.4 Å². The number of hydrogen-bond acceptors (Lipinski definition) is 3. The Balaban J connectivity index is 4.29. The van der Waals surface area contributed by atoms with E-state index in [-0.39, 0.29) is 18.4 Å². The standard InChI is InChI=1S/C12H23NO4/c1-8(17-5)6-7-9(14)13-10(11(15)16)12(2,3)4/h8,10H,6-7H2,1-5H3,(H,13,14)(H,15,16). The lowest BCUT2D eigenvalue weighted by Gasteiger charge is -2.27. The molecular formula is C12H23NO4. The molecule has 0 bridgehead atoms. The number of carboxylic acid groups (broad SMARTS) is 1. The fourth-order valence-electron chi connectivity index (χ4n) is 1.33. The molecule has 100 valence electrons. The molecule has 0 aromatic carbocycles. The van der Waals surface area contributed by atoms with Gasteiger partial charge >= 0.3 is 5.97 Å². The van der Waals surface area contributed by atoms with E-state index in [0.29, 0.717) is 6.42 Å². The molecule has 0 aromatic rings. The maximum Gasteiger partial charge on any atom is 0.326 e. The number of aliphatic carboxylic acids is 1. The van der Waals surface area contributed by atoms with Crippen molar-refractivity contribution in [3.05, 3.63) is 0 Å². The normalized spacial score (nSPS) is 15.1. The fraction of sp³-hybridized carbons (Fsp3) is 0.833. The second-order valence-corrected chi connectivity index (χ2v) is 5.29. The van der Waals surface area contributed by atoms with E-state index in [1.807, 2.05) is 6.92 Å². The smallest absolute Gasteiger partial charge is 0.326 e. The molecule has 0 saturated carbocycles. The van der Waals surface area contributed by atoms with Crippen molar-refractivity contribution >= 4 is 11.9 Å². The highest BCUT2D eigenvalue weighted by Gasteiger charge is 2.32. The lowest BCUT2D eigenvalue weighted by atomic mass is 9.86. The van der Waals surface area contributed by atoms with Gasteiger partial charge in [0.15, 0.2) is 0 Å². The number of amides is 1. The van der Waals surface area contributed by atoms with E-state index in [0.717, 1.165) is 0 Å². The van der Waals surface area contributed by atoms with Crippen LogP contribution in [-0.2, 0) is 14.3 Å². The van der Waals surface area contributed by atoms with Crippen LogP contribution in [0.5, 0.6) is 0 Å². The summed E-state index contributed by atoms with van der Waals surface area (Å²) >= 11 is 0. The molecular weight excluding hydrogens is 222 g/mol. The van der Waals surface area contributed by atoms with Gasteiger partial charge in [0, 0.05) is 13.5 Å². The molecule has 1 amide bonds. The van der Waals surface area contributed by atoms with Crippen LogP contribution < -0.4 is 5.32 Å². The van der Waals surface area contributed by atoms with Gasteiger partial charge in [-0.15, -0.1) is 0 Å². The molecule has 17 heavy (non-hydrogen) atoms. The van der Waals surface area contributed by atoms with Gasteiger partial charge < -0.3 is 15.2 Å². The summed E-state index contributed by atoms with van der Waals surface area (Å²) in [5.41, 5.74) is -0.506. The van der Waals surface area contributed by atoms with Crippen molar-refractivity contribution in [1.82, 2.24) is 5.32 Å². The number of carbonyl (C=O) groups is 2. The molecule has 0 aliphatic heterocycles. The highest BCUT2D eigenvalue weighted by Crippen LogP contribution is 2.19. The SMILES string of the molecule is COC(C)CCC(=O)NC(C(=O)O)C(C)(C)C. The number of hydrogen-bond donors (Lipinski definition) is 2. The van der Waals surface area contributed by atoms with Crippen molar-refractivity contribution in [3.8, 4) is 0 Å². The number of ether oxygens (including phenoxy) is 1. The van der Waals surface area contributed by atoms with Crippen molar-refractivity contribution < 1.29 is 19.4 Å². The van der Waals surface area contributed by atoms with Crippen molar-refractivity contribution in [3.63, 3.8) is 0 Å². The topological polar surface area (TPSA) is 75.6 Å². The van der Waals surface area contributed by atoms with Crippen LogP contribution in [0.3, 0.4) is 0 Å². The van der Waals surface area contributed by atoms with Gasteiger partial charge in [0.25, 0.3) is 0 Å². The van der Waals surface area contributed by atoms with Crippen molar-refractivity contribution in [1.29, 1.82) is 0 Å². The molecule has 2 atom stereocenters. The second-order valence-electron chi connectivity index (χ2n) is 5.29. The minimum absolute atomic E-state index is 0.00124. The van der Waals surface area contributed by atoms with E-state index in [1.165, 1.54) is 0 Å². The van der Waals surface area contributed by atoms with Gasteiger partial charge in [0.2, 0.25) is 5.91 Å². The summed E-state index contributed by atoms with van der Waals surface area (Å²) in [6, 6.07) is -0.868. The van der Waals surface area contributed by atoms with Crippen molar-refractivity contribution in [2.45, 2.75) is 52.7 Å². The first kappa shape index (κ1) is 15.9. The largest absolute Gasteiger partial charge is 0.480 e. The van der Waals surface area contributed by atoms with Crippen LogP contribution in [-0.4, -0.2) is 36.2 Å². The van der Waals surface area contributed by atoms with Gasteiger partial charge in [-0.05, 0) is 18.8 Å². The van der Waals surface area contributed by atoms with Crippen LogP contribution >= 0.6 is 0 Å². The second kappa shape index (κ2) is 6.59. The molecule has 0 radical (unpaired) electrons. The Labute approximate surface area is 103 Å². The molecule has 0 fully saturated rings. The highest BCUT2D eigenvalue weighted by molar-refractivity contribution is 5.84. The molecule has 0 heterocycles. The van der Waals surface area contributed by atoms with Gasteiger partial charge in [0.1, 0.15) is 6.04 Å². The van der Waals surface area contributed by atoms with Gasteiger partial charge in [-0.2, -0.15) is 0 Å². The molecule has 5 heteroatoms. The molecule has 0 rings (SSSR count). The Bertz CT molecular complexity index is 270. The van der Waals surface area contributed by atoms with Gasteiger partial charge in [-0.3, -0.25) is 4.79 Å². The lowest BCUT2D eigenvalue weighted by molar-refractivity contribution is -0.145. The van der Waals surface area contributed by atoms with Gasteiger partial charge in [-0.1, -0.05) is 20.8 Å². The van der Waals surface area contributed by atoms with Gasteiger partial charge in [0.05, 0.1) is 6.10 Å². The average molecular weight is 245 g/mol. The van der Waals surface area contributed by atoms with Crippen LogP contribution in [0.1, 0.15) is 40.5 Å². The predicted octanol–water partition coefficient (Wildman–Crippen LogP) is 1.42. The quantitative estimate of drug-likeness (QED) is 0.742. The molecule has 2 N–H and O–H groups in total. The zero-order valence-electron chi connectivity index (χ0n) is 11.2. The Hall–Kier alpha value is -1.10. The summed E-state index contributed by atoms with van der Waals surface area (Å²) in [5.74, 6) is -1.26. The summed E-state index contributed by atoms with van der Waals surface area (Å²) in [6.45, 7) is 7.21. The summed E-state index contributed by atoms with van der Waals surface area (Å²) in [4.78, 5) is 22.6. The number of nitrogens with one attached hydrogen (secondary N) is 1. The monoisotopic (exact) mass is 245 g/mol. The third kappa shape index (κ3) is 6.26. The van der Waals surface area contributed by atoms with Crippen LogP contribution in [0.4, 0.5) is 0 Å². The lowest BCUT2D eigenvalue weighted by Crippen LogP contribution is -2.49. The van der Waals surface area contributed by atoms with E-state index in [1.54, 1.807) is 27.9 Å². The van der Waals surface area contributed by atoms with Crippen molar-refractivity contribution in [2.24, 2.45) is 5.41 Å². The Morgan fingerprint density at radius 2 is 1.88 bits per heavy atom. The van der Waals surface area contributed by atoms with E-state index in [9.17, 15) is 9.59 Å². The fourth-order valence-corrected chi connectivity index (χ4v) is 1.33. The third-order valence-corrected chi connectivity index (χ3v) is 2.60. The Kier molecular flexibility index (Phi) is 6.16. The zero-order chi connectivity index (χ0) is 13.6. The molecule has 0 aromatic heterocycles. The minimum Gasteiger partial charge on any atom is -0.480 e. The molecule has 0 aliphatic rings. The first-order valence-corrected chi connectivity index (χ1v) is 5.73. The van der Waals surface area contributed by atoms with Crippen LogP contribution in [0.2, 0.25) is 0 Å².